The molecule has 0 saturated carbocycles. The highest BCUT2D eigenvalue weighted by Crippen LogP contribution is 2.25. The Morgan fingerprint density at radius 1 is 1.04 bits per heavy atom. The fraction of sp³-hybridized carbons (Fsp3) is 0.150. The SMILES string of the molecule is Cc1c(Cl)cccc1Nc1ccc(C(=O)N(C)Cc2ccccc2)nn1. The third kappa shape index (κ3) is 4.18. The van der Waals surface area contributed by atoms with Gasteiger partial charge >= 0.3 is 0 Å². The molecule has 6 heteroatoms. The van der Waals surface area contributed by atoms with Gasteiger partial charge in [0, 0.05) is 24.3 Å². The van der Waals surface area contributed by atoms with Crippen molar-refractivity contribution in [3.63, 3.8) is 0 Å². The van der Waals surface area contributed by atoms with Gasteiger partial charge in [-0.05, 0) is 42.3 Å². The quantitative estimate of drug-likeness (QED) is 0.724. The van der Waals surface area contributed by atoms with Gasteiger partial charge in [-0.1, -0.05) is 48.0 Å². The van der Waals surface area contributed by atoms with Crippen molar-refractivity contribution < 1.29 is 4.79 Å². The Hall–Kier alpha value is -2.92. The number of carbonyl (C=O) groups is 1. The molecule has 0 radical (unpaired) electrons. The highest BCUT2D eigenvalue weighted by atomic mass is 35.5. The van der Waals surface area contributed by atoms with E-state index in [0.717, 1.165) is 16.8 Å². The summed E-state index contributed by atoms with van der Waals surface area (Å²) in [6.07, 6.45) is 0. The summed E-state index contributed by atoms with van der Waals surface area (Å²) >= 11 is 6.12. The smallest absolute Gasteiger partial charge is 0.274 e. The molecule has 0 atom stereocenters. The molecule has 0 aliphatic heterocycles. The first-order valence-electron chi connectivity index (χ1n) is 8.20. The number of halogens is 1. The van der Waals surface area contributed by atoms with Gasteiger partial charge in [0.15, 0.2) is 11.5 Å². The Balaban J connectivity index is 1.68. The summed E-state index contributed by atoms with van der Waals surface area (Å²) in [5.41, 5.74) is 3.15. The maximum Gasteiger partial charge on any atom is 0.274 e. The molecule has 0 saturated heterocycles. The van der Waals surface area contributed by atoms with Gasteiger partial charge in [0.1, 0.15) is 0 Å². The monoisotopic (exact) mass is 366 g/mol. The molecule has 2 aromatic carbocycles. The highest BCUT2D eigenvalue weighted by Gasteiger charge is 2.14. The molecule has 0 spiro atoms. The van der Waals surface area contributed by atoms with Crippen LogP contribution in [0.25, 0.3) is 0 Å². The average molecular weight is 367 g/mol. The molecule has 3 rings (SSSR count). The largest absolute Gasteiger partial charge is 0.338 e. The van der Waals surface area contributed by atoms with E-state index in [4.69, 9.17) is 11.6 Å². The molecule has 5 nitrogen and oxygen atoms in total. The number of rotatable bonds is 5. The van der Waals surface area contributed by atoms with Crippen LogP contribution in [0.1, 0.15) is 21.6 Å². The maximum atomic E-state index is 12.5. The zero-order valence-corrected chi connectivity index (χ0v) is 15.4. The van der Waals surface area contributed by atoms with Crippen molar-refractivity contribution in [3.8, 4) is 0 Å². The molecule has 0 aliphatic carbocycles. The van der Waals surface area contributed by atoms with Crippen molar-refractivity contribution in [3.05, 3.63) is 82.5 Å². The van der Waals surface area contributed by atoms with Crippen LogP contribution in [0.15, 0.2) is 60.7 Å². The van der Waals surface area contributed by atoms with Crippen molar-refractivity contribution in [1.29, 1.82) is 0 Å². The fourth-order valence-corrected chi connectivity index (χ4v) is 2.69. The minimum Gasteiger partial charge on any atom is -0.338 e. The molecule has 0 aliphatic rings. The van der Waals surface area contributed by atoms with Crippen LogP contribution in [0.4, 0.5) is 11.5 Å². The molecule has 1 heterocycles. The lowest BCUT2D eigenvalue weighted by Crippen LogP contribution is -2.27. The van der Waals surface area contributed by atoms with E-state index in [1.54, 1.807) is 24.1 Å². The molecule has 132 valence electrons. The summed E-state index contributed by atoms with van der Waals surface area (Å²) in [6.45, 7) is 2.44. The number of hydrogen-bond acceptors (Lipinski definition) is 4. The number of nitrogens with one attached hydrogen (secondary N) is 1. The Morgan fingerprint density at radius 2 is 1.81 bits per heavy atom. The van der Waals surface area contributed by atoms with Crippen molar-refractivity contribution in [2.24, 2.45) is 0 Å². The second-order valence-corrected chi connectivity index (χ2v) is 6.40. The Morgan fingerprint density at radius 3 is 2.50 bits per heavy atom. The summed E-state index contributed by atoms with van der Waals surface area (Å²) in [7, 11) is 1.75. The molecule has 1 aromatic heterocycles. The maximum absolute atomic E-state index is 12.5. The molecule has 3 aromatic rings. The predicted octanol–water partition coefficient (Wildman–Crippen LogP) is 4.45. The summed E-state index contributed by atoms with van der Waals surface area (Å²) in [4.78, 5) is 14.1. The number of benzene rings is 2. The Bertz CT molecular complexity index is 897. The number of amides is 1. The number of hydrogen-bond donors (Lipinski definition) is 1. The van der Waals surface area contributed by atoms with Crippen LogP contribution < -0.4 is 5.32 Å². The van der Waals surface area contributed by atoms with E-state index in [9.17, 15) is 4.79 Å². The van der Waals surface area contributed by atoms with Crippen LogP contribution in [-0.2, 0) is 6.54 Å². The van der Waals surface area contributed by atoms with Crippen molar-refractivity contribution in [2.75, 3.05) is 12.4 Å². The molecule has 0 bridgehead atoms. The van der Waals surface area contributed by atoms with Gasteiger partial charge in [-0.2, -0.15) is 0 Å². The van der Waals surface area contributed by atoms with E-state index >= 15 is 0 Å². The van der Waals surface area contributed by atoms with E-state index in [1.165, 1.54) is 0 Å². The van der Waals surface area contributed by atoms with E-state index in [0.29, 0.717) is 23.1 Å². The van der Waals surface area contributed by atoms with Crippen LogP contribution in [0.3, 0.4) is 0 Å². The molecule has 1 N–H and O–H groups in total. The summed E-state index contributed by atoms with van der Waals surface area (Å²) < 4.78 is 0. The van der Waals surface area contributed by atoms with Crippen LogP contribution in [-0.4, -0.2) is 28.1 Å². The molecular weight excluding hydrogens is 348 g/mol. The van der Waals surface area contributed by atoms with Gasteiger partial charge < -0.3 is 10.2 Å². The van der Waals surface area contributed by atoms with Gasteiger partial charge in [-0.3, -0.25) is 4.79 Å². The molecular formula is C20H19ClN4O. The normalized spacial score (nSPS) is 10.4. The molecule has 26 heavy (non-hydrogen) atoms. The average Bonchev–Trinajstić information content (AvgIpc) is 2.66. The predicted molar refractivity (Wildman–Crippen MR) is 104 cm³/mol. The lowest BCUT2D eigenvalue weighted by molar-refractivity contribution is 0.0778. The van der Waals surface area contributed by atoms with Gasteiger partial charge in [0.05, 0.1) is 0 Å². The number of carbonyl (C=O) groups excluding carboxylic acids is 1. The van der Waals surface area contributed by atoms with Gasteiger partial charge in [0.25, 0.3) is 5.91 Å². The van der Waals surface area contributed by atoms with Crippen LogP contribution in [0.2, 0.25) is 5.02 Å². The van der Waals surface area contributed by atoms with Crippen LogP contribution in [0.5, 0.6) is 0 Å². The lowest BCUT2D eigenvalue weighted by atomic mass is 10.2. The second kappa shape index (κ2) is 7.97. The van der Waals surface area contributed by atoms with Crippen molar-refractivity contribution >= 4 is 29.0 Å². The molecule has 0 fully saturated rings. The zero-order valence-electron chi connectivity index (χ0n) is 14.6. The Labute approximate surface area is 157 Å². The van der Waals surface area contributed by atoms with E-state index in [-0.39, 0.29) is 5.91 Å². The topological polar surface area (TPSA) is 58.1 Å². The summed E-state index contributed by atoms with van der Waals surface area (Å²) in [6, 6.07) is 18.8. The van der Waals surface area contributed by atoms with Gasteiger partial charge in [0.2, 0.25) is 0 Å². The van der Waals surface area contributed by atoms with E-state index in [1.807, 2.05) is 55.5 Å². The summed E-state index contributed by atoms with van der Waals surface area (Å²) in [5.74, 6) is 0.379. The minimum absolute atomic E-state index is 0.174. The second-order valence-electron chi connectivity index (χ2n) is 5.99. The number of anilines is 2. The van der Waals surface area contributed by atoms with E-state index in [2.05, 4.69) is 15.5 Å². The first kappa shape index (κ1) is 17.9. The third-order valence-electron chi connectivity index (χ3n) is 4.02. The molecule has 0 unspecified atom stereocenters. The summed E-state index contributed by atoms with van der Waals surface area (Å²) in [5, 5.41) is 12.0. The Kier molecular flexibility index (Phi) is 5.49. The molecule has 1 amide bonds. The fourth-order valence-electron chi connectivity index (χ4n) is 2.52. The zero-order chi connectivity index (χ0) is 18.5. The van der Waals surface area contributed by atoms with Crippen LogP contribution in [0, 0.1) is 6.92 Å². The number of aromatic nitrogens is 2. The first-order valence-corrected chi connectivity index (χ1v) is 8.57. The minimum atomic E-state index is -0.174. The number of nitrogens with zero attached hydrogens (tertiary/aromatic N) is 3. The van der Waals surface area contributed by atoms with Gasteiger partial charge in [-0.25, -0.2) is 0 Å². The van der Waals surface area contributed by atoms with Gasteiger partial charge in [-0.15, -0.1) is 10.2 Å². The highest BCUT2D eigenvalue weighted by molar-refractivity contribution is 6.31. The first-order chi connectivity index (χ1) is 12.5. The third-order valence-corrected chi connectivity index (χ3v) is 4.43. The lowest BCUT2D eigenvalue weighted by Gasteiger charge is -2.16. The van der Waals surface area contributed by atoms with Crippen LogP contribution >= 0.6 is 11.6 Å². The van der Waals surface area contributed by atoms with Crippen molar-refractivity contribution in [1.82, 2.24) is 15.1 Å². The van der Waals surface area contributed by atoms with Crippen molar-refractivity contribution in [2.45, 2.75) is 13.5 Å². The standard InChI is InChI=1S/C20H19ClN4O/c1-14-16(21)9-6-10-17(14)22-19-12-11-18(23-24-19)20(26)25(2)13-15-7-4-3-5-8-15/h3-12H,13H2,1-2H3,(H,22,24). The van der Waals surface area contributed by atoms with E-state index < -0.39 is 0 Å².